The standard InChI is InChI=1S/C14H18N2O/c1-13(8-9-13)14(2,10-15)16-11-4-6-12(17-3)7-5-11/h4-7,16H,8-9H2,1-3H3. The summed E-state index contributed by atoms with van der Waals surface area (Å²) in [5.41, 5.74) is 0.562. The van der Waals surface area contributed by atoms with Crippen LogP contribution in [0.3, 0.4) is 0 Å². The van der Waals surface area contributed by atoms with Gasteiger partial charge in [0.15, 0.2) is 0 Å². The number of ether oxygens (including phenoxy) is 1. The smallest absolute Gasteiger partial charge is 0.127 e. The molecule has 0 heterocycles. The van der Waals surface area contributed by atoms with Gasteiger partial charge >= 0.3 is 0 Å². The minimum absolute atomic E-state index is 0.0989. The Balaban J connectivity index is 2.16. The van der Waals surface area contributed by atoms with Gasteiger partial charge in [0.25, 0.3) is 0 Å². The van der Waals surface area contributed by atoms with Crippen molar-refractivity contribution in [1.82, 2.24) is 0 Å². The maximum absolute atomic E-state index is 9.39. The van der Waals surface area contributed by atoms with Crippen LogP contribution in [0.4, 0.5) is 5.69 Å². The van der Waals surface area contributed by atoms with E-state index in [1.165, 1.54) is 0 Å². The molecule has 3 heteroatoms. The summed E-state index contributed by atoms with van der Waals surface area (Å²) in [4.78, 5) is 0. The molecule has 1 saturated carbocycles. The second-order valence-corrected chi connectivity index (χ2v) is 5.15. The van der Waals surface area contributed by atoms with Gasteiger partial charge in [0, 0.05) is 11.1 Å². The van der Waals surface area contributed by atoms with Crippen LogP contribution in [0.1, 0.15) is 26.7 Å². The molecule has 0 radical (unpaired) electrons. The van der Waals surface area contributed by atoms with Crippen molar-refractivity contribution in [3.05, 3.63) is 24.3 Å². The number of hydrogen-bond donors (Lipinski definition) is 1. The molecule has 0 aliphatic heterocycles. The number of nitriles is 1. The van der Waals surface area contributed by atoms with Crippen LogP contribution in [-0.2, 0) is 0 Å². The second kappa shape index (κ2) is 3.96. The van der Waals surface area contributed by atoms with E-state index in [0.717, 1.165) is 24.3 Å². The molecule has 0 spiro atoms. The average Bonchev–Trinajstić information content (AvgIpc) is 3.10. The Labute approximate surface area is 102 Å². The summed E-state index contributed by atoms with van der Waals surface area (Å²) in [6, 6.07) is 10.1. The monoisotopic (exact) mass is 230 g/mol. The molecule has 3 nitrogen and oxygen atoms in total. The van der Waals surface area contributed by atoms with E-state index in [1.54, 1.807) is 7.11 Å². The Morgan fingerprint density at radius 3 is 2.35 bits per heavy atom. The van der Waals surface area contributed by atoms with E-state index < -0.39 is 5.54 Å². The number of methoxy groups -OCH3 is 1. The molecule has 1 N–H and O–H groups in total. The van der Waals surface area contributed by atoms with E-state index >= 15 is 0 Å². The van der Waals surface area contributed by atoms with Crippen molar-refractivity contribution < 1.29 is 4.74 Å². The van der Waals surface area contributed by atoms with E-state index in [0.29, 0.717) is 0 Å². The third-order valence-corrected chi connectivity index (χ3v) is 3.92. The predicted octanol–water partition coefficient (Wildman–Crippen LogP) is 3.19. The Morgan fingerprint density at radius 1 is 1.35 bits per heavy atom. The SMILES string of the molecule is COc1ccc(NC(C)(C#N)C2(C)CC2)cc1. The lowest BCUT2D eigenvalue weighted by Gasteiger charge is -2.31. The van der Waals surface area contributed by atoms with Gasteiger partial charge in [-0.15, -0.1) is 0 Å². The summed E-state index contributed by atoms with van der Waals surface area (Å²) < 4.78 is 5.11. The first-order chi connectivity index (χ1) is 8.03. The summed E-state index contributed by atoms with van der Waals surface area (Å²) in [5.74, 6) is 0.826. The highest BCUT2D eigenvalue weighted by atomic mass is 16.5. The normalized spacial score (nSPS) is 19.9. The number of nitrogens with zero attached hydrogens (tertiary/aromatic N) is 1. The first-order valence-corrected chi connectivity index (χ1v) is 5.86. The number of nitrogens with one attached hydrogen (secondary N) is 1. The zero-order chi connectivity index (χ0) is 12.5. The minimum Gasteiger partial charge on any atom is -0.497 e. The van der Waals surface area contributed by atoms with Gasteiger partial charge in [-0.05, 0) is 44.0 Å². The number of hydrogen-bond acceptors (Lipinski definition) is 3. The zero-order valence-electron chi connectivity index (χ0n) is 10.6. The maximum atomic E-state index is 9.39. The molecule has 17 heavy (non-hydrogen) atoms. The van der Waals surface area contributed by atoms with Crippen LogP contribution < -0.4 is 10.1 Å². The Bertz CT molecular complexity index is 442. The van der Waals surface area contributed by atoms with Crippen molar-refractivity contribution >= 4 is 5.69 Å². The van der Waals surface area contributed by atoms with Gasteiger partial charge < -0.3 is 10.1 Å². The van der Waals surface area contributed by atoms with Crippen molar-refractivity contribution in [3.63, 3.8) is 0 Å². The van der Waals surface area contributed by atoms with Gasteiger partial charge in [-0.3, -0.25) is 0 Å². The summed E-state index contributed by atoms with van der Waals surface area (Å²) in [7, 11) is 1.65. The van der Waals surface area contributed by atoms with Crippen molar-refractivity contribution in [3.8, 4) is 11.8 Å². The molecule has 1 unspecified atom stereocenters. The van der Waals surface area contributed by atoms with Gasteiger partial charge in [0.1, 0.15) is 11.3 Å². The molecule has 1 aliphatic rings. The highest BCUT2D eigenvalue weighted by molar-refractivity contribution is 5.51. The van der Waals surface area contributed by atoms with Crippen LogP contribution >= 0.6 is 0 Å². The fourth-order valence-corrected chi connectivity index (χ4v) is 1.96. The summed E-state index contributed by atoms with van der Waals surface area (Å²) in [6.45, 7) is 4.14. The predicted molar refractivity (Wildman–Crippen MR) is 68.0 cm³/mol. The van der Waals surface area contributed by atoms with Crippen LogP contribution in [0, 0.1) is 16.7 Å². The van der Waals surface area contributed by atoms with E-state index in [-0.39, 0.29) is 5.41 Å². The van der Waals surface area contributed by atoms with E-state index in [1.807, 2.05) is 31.2 Å². The Morgan fingerprint density at radius 2 is 1.94 bits per heavy atom. The van der Waals surface area contributed by atoms with E-state index in [9.17, 15) is 5.26 Å². The Kier molecular flexibility index (Phi) is 2.74. The molecule has 2 rings (SSSR count). The molecular weight excluding hydrogens is 212 g/mol. The molecule has 90 valence electrons. The lowest BCUT2D eigenvalue weighted by Crippen LogP contribution is -2.41. The molecule has 0 saturated heterocycles. The quantitative estimate of drug-likeness (QED) is 0.864. The lowest BCUT2D eigenvalue weighted by atomic mass is 9.85. The van der Waals surface area contributed by atoms with Crippen LogP contribution in [0.15, 0.2) is 24.3 Å². The molecular formula is C14H18N2O. The molecule has 0 aromatic heterocycles. The number of rotatable bonds is 4. The highest BCUT2D eigenvalue weighted by Crippen LogP contribution is 2.54. The lowest BCUT2D eigenvalue weighted by molar-refractivity contribution is 0.404. The van der Waals surface area contributed by atoms with Gasteiger partial charge in [-0.25, -0.2) is 0 Å². The second-order valence-electron chi connectivity index (χ2n) is 5.15. The third-order valence-electron chi connectivity index (χ3n) is 3.92. The molecule has 1 aromatic carbocycles. The third kappa shape index (κ3) is 2.08. The summed E-state index contributed by atoms with van der Waals surface area (Å²) >= 11 is 0. The van der Waals surface area contributed by atoms with Gasteiger partial charge in [-0.2, -0.15) is 5.26 Å². The average molecular weight is 230 g/mol. The molecule has 1 fully saturated rings. The first-order valence-electron chi connectivity index (χ1n) is 5.86. The minimum atomic E-state index is -0.498. The Hall–Kier alpha value is -1.69. The van der Waals surface area contributed by atoms with Crippen molar-refractivity contribution in [2.24, 2.45) is 5.41 Å². The molecule has 0 amide bonds. The van der Waals surface area contributed by atoms with Gasteiger partial charge in [-0.1, -0.05) is 6.92 Å². The van der Waals surface area contributed by atoms with Crippen LogP contribution in [0.2, 0.25) is 0 Å². The van der Waals surface area contributed by atoms with E-state index in [2.05, 4.69) is 18.3 Å². The zero-order valence-corrected chi connectivity index (χ0v) is 10.6. The largest absolute Gasteiger partial charge is 0.497 e. The fourth-order valence-electron chi connectivity index (χ4n) is 1.96. The van der Waals surface area contributed by atoms with Gasteiger partial charge in [0.2, 0.25) is 0 Å². The molecule has 0 bridgehead atoms. The fraction of sp³-hybridized carbons (Fsp3) is 0.500. The highest BCUT2D eigenvalue weighted by Gasteiger charge is 2.53. The molecule has 1 aliphatic carbocycles. The molecule has 1 aromatic rings. The maximum Gasteiger partial charge on any atom is 0.127 e. The van der Waals surface area contributed by atoms with E-state index in [4.69, 9.17) is 4.74 Å². The van der Waals surface area contributed by atoms with Gasteiger partial charge in [0.05, 0.1) is 13.2 Å². The summed E-state index contributed by atoms with van der Waals surface area (Å²) in [5, 5.41) is 12.7. The topological polar surface area (TPSA) is 45.0 Å². The van der Waals surface area contributed by atoms with Crippen LogP contribution in [-0.4, -0.2) is 12.6 Å². The van der Waals surface area contributed by atoms with Crippen molar-refractivity contribution in [1.29, 1.82) is 5.26 Å². The molecule has 1 atom stereocenters. The number of benzene rings is 1. The van der Waals surface area contributed by atoms with Crippen molar-refractivity contribution in [2.75, 3.05) is 12.4 Å². The van der Waals surface area contributed by atoms with Crippen LogP contribution in [0.5, 0.6) is 5.75 Å². The van der Waals surface area contributed by atoms with Crippen LogP contribution in [0.25, 0.3) is 0 Å². The van der Waals surface area contributed by atoms with Crippen molar-refractivity contribution in [2.45, 2.75) is 32.2 Å². The number of anilines is 1. The summed E-state index contributed by atoms with van der Waals surface area (Å²) in [6.07, 6.45) is 2.22. The first kappa shape index (κ1) is 11.8.